The molecule has 1 atom stereocenters. The summed E-state index contributed by atoms with van der Waals surface area (Å²) >= 11 is 0. The molecule has 0 radical (unpaired) electrons. The van der Waals surface area contributed by atoms with Crippen LogP contribution in [0, 0.1) is 5.92 Å². The summed E-state index contributed by atoms with van der Waals surface area (Å²) in [4.78, 5) is 17.9. The Hall–Kier alpha value is -1.34. The highest BCUT2D eigenvalue weighted by Gasteiger charge is 2.20. The molecular formula is C16H33N5O2. The third-order valence-corrected chi connectivity index (χ3v) is 3.43. The van der Waals surface area contributed by atoms with Gasteiger partial charge in [0.15, 0.2) is 5.96 Å². The highest BCUT2D eigenvalue weighted by Crippen LogP contribution is 2.08. The van der Waals surface area contributed by atoms with Gasteiger partial charge in [0.1, 0.15) is 0 Å². The second-order valence-corrected chi connectivity index (χ2v) is 6.28. The van der Waals surface area contributed by atoms with E-state index < -0.39 is 0 Å². The van der Waals surface area contributed by atoms with Crippen LogP contribution in [-0.2, 0) is 9.53 Å². The van der Waals surface area contributed by atoms with Crippen molar-refractivity contribution >= 4 is 11.9 Å². The summed E-state index contributed by atoms with van der Waals surface area (Å²) < 4.78 is 5.81. The van der Waals surface area contributed by atoms with Crippen molar-refractivity contribution in [3.8, 4) is 0 Å². The molecule has 0 saturated carbocycles. The van der Waals surface area contributed by atoms with Crippen molar-refractivity contribution in [1.82, 2.24) is 20.9 Å². The van der Waals surface area contributed by atoms with Crippen LogP contribution in [0.25, 0.3) is 0 Å². The van der Waals surface area contributed by atoms with E-state index in [1.54, 1.807) is 0 Å². The first-order chi connectivity index (χ1) is 11.0. The van der Waals surface area contributed by atoms with Crippen molar-refractivity contribution in [1.29, 1.82) is 0 Å². The maximum Gasteiger partial charge on any atom is 0.216 e. The summed E-state index contributed by atoms with van der Waals surface area (Å²) in [6, 6.07) is 0. The number of ether oxygens (including phenoxy) is 1. The molecule has 1 saturated heterocycles. The molecule has 134 valence electrons. The fourth-order valence-electron chi connectivity index (χ4n) is 2.53. The zero-order valence-electron chi connectivity index (χ0n) is 15.0. The third-order valence-electron chi connectivity index (χ3n) is 3.43. The number of aliphatic imine (C=N–C) groups is 1. The van der Waals surface area contributed by atoms with Gasteiger partial charge in [-0.1, -0.05) is 13.8 Å². The van der Waals surface area contributed by atoms with Crippen molar-refractivity contribution in [2.75, 3.05) is 52.4 Å². The number of nitrogens with one attached hydrogen (secondary N) is 3. The predicted octanol–water partition coefficient (Wildman–Crippen LogP) is 0.0344. The standard InChI is InChI=1S/C16H33N5O2/c1-5-17-16(19-7-6-18-14(4)22)20-10-15-12-21(8-9-23-15)11-13(2)3/h13,15H,5-12H2,1-4H3,(H,18,22)(H2,17,19,20). The fraction of sp³-hybridized carbons (Fsp3) is 0.875. The van der Waals surface area contributed by atoms with E-state index in [4.69, 9.17) is 4.74 Å². The van der Waals surface area contributed by atoms with Gasteiger partial charge in [0, 0.05) is 46.2 Å². The van der Waals surface area contributed by atoms with Crippen molar-refractivity contribution < 1.29 is 9.53 Å². The molecule has 0 aromatic heterocycles. The third kappa shape index (κ3) is 9.40. The van der Waals surface area contributed by atoms with Gasteiger partial charge in [-0.15, -0.1) is 0 Å². The van der Waals surface area contributed by atoms with Crippen LogP contribution in [-0.4, -0.2) is 75.3 Å². The van der Waals surface area contributed by atoms with Crippen LogP contribution in [0.5, 0.6) is 0 Å². The SMILES string of the molecule is CCNC(=NCC1CN(CC(C)C)CCO1)NCCNC(C)=O. The molecule has 0 spiro atoms. The summed E-state index contributed by atoms with van der Waals surface area (Å²) in [7, 11) is 0. The average molecular weight is 327 g/mol. The number of morpholine rings is 1. The van der Waals surface area contributed by atoms with E-state index >= 15 is 0 Å². The maximum atomic E-state index is 10.8. The number of carbonyl (C=O) groups excluding carboxylic acids is 1. The first-order valence-corrected chi connectivity index (χ1v) is 8.61. The van der Waals surface area contributed by atoms with Crippen molar-refractivity contribution in [2.24, 2.45) is 10.9 Å². The van der Waals surface area contributed by atoms with Gasteiger partial charge in [-0.3, -0.25) is 14.7 Å². The second-order valence-electron chi connectivity index (χ2n) is 6.28. The molecule has 7 heteroatoms. The van der Waals surface area contributed by atoms with Crippen LogP contribution in [0.1, 0.15) is 27.7 Å². The quantitative estimate of drug-likeness (QED) is 0.333. The van der Waals surface area contributed by atoms with E-state index in [0.717, 1.165) is 38.7 Å². The van der Waals surface area contributed by atoms with E-state index in [9.17, 15) is 4.79 Å². The fourth-order valence-corrected chi connectivity index (χ4v) is 2.53. The molecule has 1 amide bonds. The lowest BCUT2D eigenvalue weighted by Gasteiger charge is -2.33. The summed E-state index contributed by atoms with van der Waals surface area (Å²) in [5.41, 5.74) is 0. The first kappa shape index (κ1) is 19.7. The van der Waals surface area contributed by atoms with E-state index in [1.165, 1.54) is 6.92 Å². The number of guanidine groups is 1. The number of rotatable bonds is 8. The smallest absolute Gasteiger partial charge is 0.216 e. The Balaban J connectivity index is 2.38. The van der Waals surface area contributed by atoms with E-state index in [-0.39, 0.29) is 12.0 Å². The summed E-state index contributed by atoms with van der Waals surface area (Å²) in [6.45, 7) is 14.5. The Morgan fingerprint density at radius 1 is 1.30 bits per heavy atom. The number of amides is 1. The summed E-state index contributed by atoms with van der Waals surface area (Å²) in [5, 5.41) is 9.18. The molecule has 1 rings (SSSR count). The molecule has 7 nitrogen and oxygen atoms in total. The lowest BCUT2D eigenvalue weighted by atomic mass is 10.2. The Labute approximate surface area is 140 Å². The van der Waals surface area contributed by atoms with E-state index in [2.05, 4.69) is 39.7 Å². The largest absolute Gasteiger partial charge is 0.374 e. The maximum absolute atomic E-state index is 10.8. The average Bonchev–Trinajstić information content (AvgIpc) is 2.48. The lowest BCUT2D eigenvalue weighted by molar-refractivity contribution is -0.118. The Bertz CT molecular complexity index is 373. The lowest BCUT2D eigenvalue weighted by Crippen LogP contribution is -2.46. The molecule has 1 heterocycles. The van der Waals surface area contributed by atoms with Gasteiger partial charge in [0.2, 0.25) is 5.91 Å². The number of hydrogen-bond acceptors (Lipinski definition) is 4. The number of carbonyl (C=O) groups is 1. The number of hydrogen-bond donors (Lipinski definition) is 3. The molecule has 0 bridgehead atoms. The molecule has 0 aliphatic carbocycles. The van der Waals surface area contributed by atoms with Gasteiger partial charge >= 0.3 is 0 Å². The molecule has 1 fully saturated rings. The van der Waals surface area contributed by atoms with Gasteiger partial charge in [0.05, 0.1) is 19.3 Å². The first-order valence-electron chi connectivity index (χ1n) is 8.61. The summed E-state index contributed by atoms with van der Waals surface area (Å²) in [6.07, 6.45) is 0.147. The zero-order valence-corrected chi connectivity index (χ0v) is 15.0. The van der Waals surface area contributed by atoms with Gasteiger partial charge < -0.3 is 20.7 Å². The van der Waals surface area contributed by atoms with Crippen molar-refractivity contribution in [3.05, 3.63) is 0 Å². The molecular weight excluding hydrogens is 294 g/mol. The monoisotopic (exact) mass is 327 g/mol. The Morgan fingerprint density at radius 3 is 2.70 bits per heavy atom. The van der Waals surface area contributed by atoms with Gasteiger partial charge in [-0.2, -0.15) is 0 Å². The normalized spacial score (nSPS) is 19.7. The van der Waals surface area contributed by atoms with Crippen LogP contribution in [0.3, 0.4) is 0 Å². The van der Waals surface area contributed by atoms with Crippen LogP contribution < -0.4 is 16.0 Å². The van der Waals surface area contributed by atoms with Crippen LogP contribution in [0.2, 0.25) is 0 Å². The highest BCUT2D eigenvalue weighted by molar-refractivity contribution is 5.79. The minimum absolute atomic E-state index is 0.0189. The van der Waals surface area contributed by atoms with E-state index in [1.807, 2.05) is 6.92 Å². The molecule has 23 heavy (non-hydrogen) atoms. The zero-order chi connectivity index (χ0) is 17.1. The van der Waals surface area contributed by atoms with Gasteiger partial charge in [-0.05, 0) is 12.8 Å². The molecule has 1 unspecified atom stereocenters. The minimum Gasteiger partial charge on any atom is -0.374 e. The van der Waals surface area contributed by atoms with E-state index in [0.29, 0.717) is 25.6 Å². The number of nitrogens with zero attached hydrogens (tertiary/aromatic N) is 2. The summed E-state index contributed by atoms with van der Waals surface area (Å²) in [5.74, 6) is 1.42. The molecule has 0 aromatic rings. The predicted molar refractivity (Wildman–Crippen MR) is 93.7 cm³/mol. The topological polar surface area (TPSA) is 78.0 Å². The Morgan fingerprint density at radius 2 is 2.04 bits per heavy atom. The second kappa shape index (κ2) is 11.2. The van der Waals surface area contributed by atoms with Gasteiger partial charge in [-0.25, -0.2) is 0 Å². The molecule has 0 aromatic carbocycles. The van der Waals surface area contributed by atoms with Crippen LogP contribution in [0.4, 0.5) is 0 Å². The van der Waals surface area contributed by atoms with Crippen LogP contribution >= 0.6 is 0 Å². The molecule has 3 N–H and O–H groups in total. The molecule has 1 aliphatic heterocycles. The minimum atomic E-state index is -0.0189. The highest BCUT2D eigenvalue weighted by atomic mass is 16.5. The van der Waals surface area contributed by atoms with Crippen LogP contribution in [0.15, 0.2) is 4.99 Å². The van der Waals surface area contributed by atoms with Crippen molar-refractivity contribution in [3.63, 3.8) is 0 Å². The van der Waals surface area contributed by atoms with Crippen molar-refractivity contribution in [2.45, 2.75) is 33.8 Å². The van der Waals surface area contributed by atoms with Gasteiger partial charge in [0.25, 0.3) is 0 Å². The molecule has 1 aliphatic rings. The Kier molecular flexibility index (Phi) is 9.63.